The minimum atomic E-state index is -4.05. The number of rotatable bonds is 12. The van der Waals surface area contributed by atoms with Gasteiger partial charge in [-0.2, -0.15) is 0 Å². The lowest BCUT2D eigenvalue weighted by Crippen LogP contribution is -2.31. The molecular formula is C25H34N2O6S2. The average Bonchev–Trinajstić information content (AvgIpc) is 3.11. The summed E-state index contributed by atoms with van der Waals surface area (Å²) >= 11 is 0. The molecular weight excluding hydrogens is 488 g/mol. The van der Waals surface area contributed by atoms with Crippen LogP contribution in [0.25, 0.3) is 0 Å². The van der Waals surface area contributed by atoms with Gasteiger partial charge in [-0.05, 0) is 44.8 Å². The fourth-order valence-electron chi connectivity index (χ4n) is 4.07. The number of likely N-dealkylation sites (N-methyl/N-ethyl adjacent to an activating group) is 1. The molecule has 2 aromatic carbocycles. The molecule has 192 valence electrons. The zero-order valence-corrected chi connectivity index (χ0v) is 22.1. The van der Waals surface area contributed by atoms with Crippen LogP contribution in [0.15, 0.2) is 52.3 Å². The number of hydrogen-bond acceptors (Lipinski definition) is 7. The number of carbonyl (C=O) groups is 1. The maximum atomic E-state index is 13.6. The van der Waals surface area contributed by atoms with Gasteiger partial charge in [0.25, 0.3) is 5.91 Å². The maximum absolute atomic E-state index is 13.6. The van der Waals surface area contributed by atoms with Crippen molar-refractivity contribution in [1.82, 2.24) is 10.2 Å². The highest BCUT2D eigenvalue weighted by molar-refractivity contribution is 7.96. The summed E-state index contributed by atoms with van der Waals surface area (Å²) in [6.45, 7) is 3.34. The molecule has 1 heterocycles. The van der Waals surface area contributed by atoms with E-state index in [9.17, 15) is 21.6 Å². The lowest BCUT2D eigenvalue weighted by molar-refractivity contribution is 0.0946. The summed E-state index contributed by atoms with van der Waals surface area (Å²) in [5.41, 5.74) is 0.202. The Kier molecular flexibility index (Phi) is 8.95. The van der Waals surface area contributed by atoms with Gasteiger partial charge in [0, 0.05) is 18.7 Å². The molecule has 0 radical (unpaired) electrons. The standard InChI is InChI=1S/C25H34N2O6S2/c1-4-5-6-10-17-33-24-20(25(28)26-15-16-27(2)3)13-14-21-23(24)22(18-34(21,29)30)35(31,32)19-11-8-7-9-12-19/h7-9,11-14,22H,4-6,10,15-18H2,1-3H3,(H,26,28). The molecule has 0 saturated heterocycles. The highest BCUT2D eigenvalue weighted by Crippen LogP contribution is 2.47. The van der Waals surface area contributed by atoms with Crippen LogP contribution in [0.2, 0.25) is 0 Å². The molecule has 0 aromatic heterocycles. The Bertz CT molecular complexity index is 1240. The van der Waals surface area contributed by atoms with E-state index in [1.807, 2.05) is 19.0 Å². The molecule has 1 aliphatic heterocycles. The minimum absolute atomic E-state index is 0.0304. The molecule has 35 heavy (non-hydrogen) atoms. The van der Waals surface area contributed by atoms with Crippen LogP contribution in [0, 0.1) is 0 Å². The molecule has 1 atom stereocenters. The van der Waals surface area contributed by atoms with E-state index in [0.717, 1.165) is 19.3 Å². The average molecular weight is 523 g/mol. The smallest absolute Gasteiger partial charge is 0.255 e. The Hall–Kier alpha value is -2.43. The van der Waals surface area contributed by atoms with Crippen LogP contribution in [0.5, 0.6) is 5.75 Å². The van der Waals surface area contributed by atoms with Crippen molar-refractivity contribution in [2.75, 3.05) is 39.5 Å². The first-order chi connectivity index (χ1) is 16.6. The minimum Gasteiger partial charge on any atom is -0.492 e. The molecule has 0 saturated carbocycles. The third kappa shape index (κ3) is 6.23. The van der Waals surface area contributed by atoms with E-state index in [0.29, 0.717) is 19.5 Å². The van der Waals surface area contributed by atoms with Crippen LogP contribution in [0.3, 0.4) is 0 Å². The van der Waals surface area contributed by atoms with Crippen LogP contribution in [-0.4, -0.2) is 67.2 Å². The highest BCUT2D eigenvalue weighted by atomic mass is 32.2. The number of fused-ring (bicyclic) bond motifs is 1. The number of nitrogens with zero attached hydrogens (tertiary/aromatic N) is 1. The molecule has 1 N–H and O–H groups in total. The summed E-state index contributed by atoms with van der Waals surface area (Å²) in [6, 6.07) is 10.5. The first kappa shape index (κ1) is 27.2. The molecule has 8 nitrogen and oxygen atoms in total. The Balaban J connectivity index is 2.08. The third-order valence-electron chi connectivity index (χ3n) is 5.96. The second-order valence-electron chi connectivity index (χ2n) is 8.95. The van der Waals surface area contributed by atoms with Gasteiger partial charge in [0.2, 0.25) is 0 Å². The van der Waals surface area contributed by atoms with E-state index in [2.05, 4.69) is 12.2 Å². The van der Waals surface area contributed by atoms with Gasteiger partial charge in [-0.15, -0.1) is 0 Å². The summed E-state index contributed by atoms with van der Waals surface area (Å²) in [5.74, 6) is -0.970. The fraction of sp³-hybridized carbons (Fsp3) is 0.480. The summed E-state index contributed by atoms with van der Waals surface area (Å²) in [4.78, 5) is 14.9. The number of ether oxygens (including phenoxy) is 1. The number of benzene rings is 2. The van der Waals surface area contributed by atoms with Gasteiger partial charge in [0.05, 0.1) is 27.7 Å². The van der Waals surface area contributed by atoms with Gasteiger partial charge >= 0.3 is 0 Å². The Morgan fingerprint density at radius 3 is 2.46 bits per heavy atom. The van der Waals surface area contributed by atoms with Crippen molar-refractivity contribution >= 4 is 25.6 Å². The molecule has 0 spiro atoms. The number of amides is 1. The highest BCUT2D eigenvalue weighted by Gasteiger charge is 2.46. The van der Waals surface area contributed by atoms with Crippen LogP contribution >= 0.6 is 0 Å². The van der Waals surface area contributed by atoms with E-state index >= 15 is 0 Å². The first-order valence-electron chi connectivity index (χ1n) is 11.8. The number of unbranched alkanes of at least 4 members (excludes halogenated alkanes) is 3. The molecule has 0 bridgehead atoms. The fourth-order valence-corrected chi connectivity index (χ4v) is 8.40. The van der Waals surface area contributed by atoms with Crippen molar-refractivity contribution in [2.45, 2.75) is 47.6 Å². The normalized spacial score (nSPS) is 16.7. The largest absolute Gasteiger partial charge is 0.492 e. The molecule has 2 aromatic rings. The summed E-state index contributed by atoms with van der Waals surface area (Å²) in [5, 5.41) is 1.46. The molecule has 0 aliphatic carbocycles. The summed E-state index contributed by atoms with van der Waals surface area (Å²) in [7, 11) is -4.16. The van der Waals surface area contributed by atoms with Crippen LogP contribution < -0.4 is 10.1 Å². The van der Waals surface area contributed by atoms with Crippen molar-refractivity contribution in [3.05, 3.63) is 53.6 Å². The lowest BCUT2D eigenvalue weighted by Gasteiger charge is -2.19. The van der Waals surface area contributed by atoms with Gasteiger partial charge in [-0.1, -0.05) is 44.4 Å². The van der Waals surface area contributed by atoms with Crippen molar-refractivity contribution in [3.63, 3.8) is 0 Å². The predicted octanol–water partition coefficient (Wildman–Crippen LogP) is 3.24. The second-order valence-corrected chi connectivity index (χ2v) is 13.1. The number of nitrogens with one attached hydrogen (secondary N) is 1. The van der Waals surface area contributed by atoms with Crippen LogP contribution in [-0.2, 0) is 19.7 Å². The van der Waals surface area contributed by atoms with Crippen LogP contribution in [0.1, 0.15) is 53.8 Å². The van der Waals surface area contributed by atoms with E-state index in [1.165, 1.54) is 24.3 Å². The van der Waals surface area contributed by atoms with Gasteiger partial charge in [-0.25, -0.2) is 16.8 Å². The predicted molar refractivity (Wildman–Crippen MR) is 135 cm³/mol. The number of hydrogen-bond donors (Lipinski definition) is 1. The Labute approximate surface area is 208 Å². The summed E-state index contributed by atoms with van der Waals surface area (Å²) in [6.07, 6.45) is 3.69. The van der Waals surface area contributed by atoms with Crippen molar-refractivity contribution in [3.8, 4) is 5.75 Å². The first-order valence-corrected chi connectivity index (χ1v) is 15.0. The molecule has 3 rings (SSSR count). The van der Waals surface area contributed by atoms with E-state index in [4.69, 9.17) is 4.74 Å². The Morgan fingerprint density at radius 2 is 1.80 bits per heavy atom. The zero-order valence-electron chi connectivity index (χ0n) is 20.5. The molecule has 1 unspecified atom stereocenters. The monoisotopic (exact) mass is 522 g/mol. The van der Waals surface area contributed by atoms with Gasteiger partial charge < -0.3 is 15.0 Å². The topological polar surface area (TPSA) is 110 Å². The van der Waals surface area contributed by atoms with E-state index in [1.54, 1.807) is 18.2 Å². The number of carbonyl (C=O) groups excluding carboxylic acids is 1. The van der Waals surface area contributed by atoms with Gasteiger partial charge in [-0.3, -0.25) is 4.79 Å². The summed E-state index contributed by atoms with van der Waals surface area (Å²) < 4.78 is 59.2. The van der Waals surface area contributed by atoms with Gasteiger partial charge in [0.1, 0.15) is 11.0 Å². The molecule has 0 fully saturated rings. The van der Waals surface area contributed by atoms with E-state index in [-0.39, 0.29) is 33.3 Å². The molecule has 1 amide bonds. The second kappa shape index (κ2) is 11.5. The third-order valence-corrected chi connectivity index (χ3v) is 10.1. The molecule has 10 heteroatoms. The lowest BCUT2D eigenvalue weighted by atomic mass is 10.1. The quantitative estimate of drug-likeness (QED) is 0.426. The number of sulfone groups is 2. The van der Waals surface area contributed by atoms with Crippen molar-refractivity contribution in [2.24, 2.45) is 0 Å². The SMILES string of the molecule is CCCCCCOc1c(C(=O)NCCN(C)C)ccc2c1C(S(=O)(=O)c1ccccc1)CS2(=O)=O. The van der Waals surface area contributed by atoms with Crippen LogP contribution in [0.4, 0.5) is 0 Å². The van der Waals surface area contributed by atoms with Crippen molar-refractivity contribution < 1.29 is 26.4 Å². The van der Waals surface area contributed by atoms with Crippen molar-refractivity contribution in [1.29, 1.82) is 0 Å². The van der Waals surface area contributed by atoms with E-state index < -0.39 is 36.6 Å². The maximum Gasteiger partial charge on any atom is 0.255 e. The van der Waals surface area contributed by atoms with Gasteiger partial charge in [0.15, 0.2) is 19.7 Å². The molecule has 1 aliphatic rings. The zero-order chi connectivity index (χ0) is 25.6. The Morgan fingerprint density at radius 1 is 1.09 bits per heavy atom.